The van der Waals surface area contributed by atoms with Crippen molar-refractivity contribution in [1.29, 1.82) is 0 Å². The topological polar surface area (TPSA) is 50.4 Å². The summed E-state index contributed by atoms with van der Waals surface area (Å²) < 4.78 is 0. The molecule has 3 heteroatoms. The number of hydrogen-bond donors (Lipinski definition) is 2. The minimum absolute atomic E-state index is 0.607. The predicted octanol–water partition coefficient (Wildman–Crippen LogP) is 0.957. The van der Waals surface area contributed by atoms with Gasteiger partial charge in [-0.2, -0.15) is 0 Å². The zero-order valence-corrected chi connectivity index (χ0v) is 8.01. The summed E-state index contributed by atoms with van der Waals surface area (Å²) in [5.41, 5.74) is 5.62. The minimum atomic E-state index is 0.607. The molecule has 1 fully saturated rings. The van der Waals surface area contributed by atoms with Crippen LogP contribution in [0.3, 0.4) is 0 Å². The molecule has 0 radical (unpaired) electrons. The van der Waals surface area contributed by atoms with E-state index in [9.17, 15) is 0 Å². The molecule has 0 heterocycles. The SMILES string of the molecule is CCCNC(N)=NCC1CC1C. The highest BCUT2D eigenvalue weighted by Gasteiger charge is 2.31. The predicted molar refractivity (Wildman–Crippen MR) is 52.1 cm³/mol. The number of nitrogens with zero attached hydrogens (tertiary/aromatic N) is 1. The van der Waals surface area contributed by atoms with Gasteiger partial charge in [-0.05, 0) is 24.7 Å². The number of aliphatic imine (C=N–C) groups is 1. The van der Waals surface area contributed by atoms with Gasteiger partial charge in [0, 0.05) is 13.1 Å². The van der Waals surface area contributed by atoms with Crippen LogP contribution >= 0.6 is 0 Å². The lowest BCUT2D eigenvalue weighted by Crippen LogP contribution is -2.32. The second-order valence-corrected chi connectivity index (χ2v) is 3.63. The monoisotopic (exact) mass is 169 g/mol. The van der Waals surface area contributed by atoms with Crippen molar-refractivity contribution in [2.24, 2.45) is 22.6 Å². The van der Waals surface area contributed by atoms with E-state index in [0.29, 0.717) is 5.96 Å². The Hall–Kier alpha value is -0.730. The van der Waals surface area contributed by atoms with Crippen molar-refractivity contribution in [2.75, 3.05) is 13.1 Å². The summed E-state index contributed by atoms with van der Waals surface area (Å²) in [6.07, 6.45) is 2.42. The van der Waals surface area contributed by atoms with Gasteiger partial charge in [-0.1, -0.05) is 13.8 Å². The Morgan fingerprint density at radius 1 is 1.67 bits per heavy atom. The van der Waals surface area contributed by atoms with Gasteiger partial charge < -0.3 is 11.1 Å². The molecule has 0 aromatic carbocycles. The highest BCUT2D eigenvalue weighted by Crippen LogP contribution is 2.37. The Morgan fingerprint density at radius 3 is 2.83 bits per heavy atom. The molecule has 1 rings (SSSR count). The molecule has 1 saturated carbocycles. The highest BCUT2D eigenvalue weighted by molar-refractivity contribution is 5.77. The summed E-state index contributed by atoms with van der Waals surface area (Å²) >= 11 is 0. The second kappa shape index (κ2) is 4.33. The molecule has 3 N–H and O–H groups in total. The van der Waals surface area contributed by atoms with E-state index in [1.54, 1.807) is 0 Å². The number of guanidine groups is 1. The second-order valence-electron chi connectivity index (χ2n) is 3.63. The van der Waals surface area contributed by atoms with Gasteiger partial charge in [0.05, 0.1) is 0 Å². The first-order valence-corrected chi connectivity index (χ1v) is 4.77. The summed E-state index contributed by atoms with van der Waals surface area (Å²) in [6, 6.07) is 0. The third kappa shape index (κ3) is 3.11. The molecule has 0 saturated heterocycles. The fourth-order valence-electron chi connectivity index (χ4n) is 1.18. The zero-order chi connectivity index (χ0) is 8.97. The van der Waals surface area contributed by atoms with Crippen molar-refractivity contribution in [3.8, 4) is 0 Å². The Bertz CT molecular complexity index is 165. The molecule has 70 valence electrons. The van der Waals surface area contributed by atoms with E-state index in [0.717, 1.165) is 31.3 Å². The van der Waals surface area contributed by atoms with Crippen LogP contribution in [0.5, 0.6) is 0 Å². The molecule has 0 aromatic rings. The van der Waals surface area contributed by atoms with E-state index < -0.39 is 0 Å². The number of nitrogens with one attached hydrogen (secondary N) is 1. The van der Waals surface area contributed by atoms with Gasteiger partial charge in [-0.3, -0.25) is 4.99 Å². The summed E-state index contributed by atoms with van der Waals surface area (Å²) in [4.78, 5) is 4.26. The lowest BCUT2D eigenvalue weighted by Gasteiger charge is -2.02. The molecule has 0 aromatic heterocycles. The average molecular weight is 169 g/mol. The van der Waals surface area contributed by atoms with Gasteiger partial charge in [0.25, 0.3) is 0 Å². The number of rotatable bonds is 4. The quantitative estimate of drug-likeness (QED) is 0.486. The first-order chi connectivity index (χ1) is 5.74. The summed E-state index contributed by atoms with van der Waals surface area (Å²) in [6.45, 7) is 6.21. The molecular weight excluding hydrogens is 150 g/mol. The van der Waals surface area contributed by atoms with E-state index in [1.807, 2.05) is 0 Å². The maximum atomic E-state index is 5.62. The van der Waals surface area contributed by atoms with Crippen molar-refractivity contribution in [2.45, 2.75) is 26.7 Å². The standard InChI is InChI=1S/C9H19N3/c1-3-4-11-9(10)12-6-8-5-7(8)2/h7-8H,3-6H2,1-2H3,(H3,10,11,12). The smallest absolute Gasteiger partial charge is 0.188 e. The first-order valence-electron chi connectivity index (χ1n) is 4.77. The van der Waals surface area contributed by atoms with Crippen molar-refractivity contribution in [1.82, 2.24) is 5.32 Å². The van der Waals surface area contributed by atoms with Crippen LogP contribution in [0, 0.1) is 11.8 Å². The van der Waals surface area contributed by atoms with E-state index in [1.165, 1.54) is 6.42 Å². The summed E-state index contributed by atoms with van der Waals surface area (Å²) in [5.74, 6) is 2.27. The molecule has 0 spiro atoms. The van der Waals surface area contributed by atoms with E-state index in [2.05, 4.69) is 24.2 Å². The maximum absolute atomic E-state index is 5.62. The molecular formula is C9H19N3. The maximum Gasteiger partial charge on any atom is 0.188 e. The fraction of sp³-hybridized carbons (Fsp3) is 0.889. The third-order valence-corrected chi connectivity index (χ3v) is 2.33. The Kier molecular flexibility index (Phi) is 3.38. The molecule has 0 aliphatic heterocycles. The largest absolute Gasteiger partial charge is 0.370 e. The molecule has 2 unspecified atom stereocenters. The first kappa shape index (κ1) is 9.36. The summed E-state index contributed by atoms with van der Waals surface area (Å²) in [7, 11) is 0. The Balaban J connectivity index is 2.08. The van der Waals surface area contributed by atoms with Gasteiger partial charge in [0.2, 0.25) is 0 Å². The van der Waals surface area contributed by atoms with Crippen molar-refractivity contribution in [3.05, 3.63) is 0 Å². The third-order valence-electron chi connectivity index (χ3n) is 2.33. The highest BCUT2D eigenvalue weighted by atomic mass is 15.1. The Morgan fingerprint density at radius 2 is 2.33 bits per heavy atom. The molecule has 0 bridgehead atoms. The molecule has 1 aliphatic carbocycles. The van der Waals surface area contributed by atoms with Crippen LogP contribution in [0.15, 0.2) is 4.99 Å². The number of hydrogen-bond acceptors (Lipinski definition) is 1. The van der Waals surface area contributed by atoms with Crippen LogP contribution in [0.25, 0.3) is 0 Å². The van der Waals surface area contributed by atoms with E-state index in [4.69, 9.17) is 5.73 Å². The van der Waals surface area contributed by atoms with Gasteiger partial charge in [-0.25, -0.2) is 0 Å². The van der Waals surface area contributed by atoms with Crippen LogP contribution in [0.4, 0.5) is 0 Å². The molecule has 0 amide bonds. The van der Waals surface area contributed by atoms with Crippen molar-refractivity contribution < 1.29 is 0 Å². The van der Waals surface area contributed by atoms with Crippen LogP contribution in [0.1, 0.15) is 26.7 Å². The fourth-order valence-corrected chi connectivity index (χ4v) is 1.18. The van der Waals surface area contributed by atoms with Gasteiger partial charge in [0.1, 0.15) is 0 Å². The molecule has 3 nitrogen and oxygen atoms in total. The van der Waals surface area contributed by atoms with Gasteiger partial charge >= 0.3 is 0 Å². The normalized spacial score (nSPS) is 28.7. The number of nitrogens with two attached hydrogens (primary N) is 1. The molecule has 12 heavy (non-hydrogen) atoms. The van der Waals surface area contributed by atoms with Gasteiger partial charge in [-0.15, -0.1) is 0 Å². The van der Waals surface area contributed by atoms with Gasteiger partial charge in [0.15, 0.2) is 5.96 Å². The minimum Gasteiger partial charge on any atom is -0.370 e. The summed E-state index contributed by atoms with van der Waals surface area (Å²) in [5, 5.41) is 3.06. The van der Waals surface area contributed by atoms with E-state index >= 15 is 0 Å². The van der Waals surface area contributed by atoms with E-state index in [-0.39, 0.29) is 0 Å². The molecule has 1 aliphatic rings. The van der Waals surface area contributed by atoms with Crippen LogP contribution < -0.4 is 11.1 Å². The Labute approximate surface area is 74.4 Å². The van der Waals surface area contributed by atoms with Crippen molar-refractivity contribution in [3.63, 3.8) is 0 Å². The van der Waals surface area contributed by atoms with Crippen molar-refractivity contribution >= 4 is 5.96 Å². The van der Waals surface area contributed by atoms with Crippen LogP contribution in [-0.2, 0) is 0 Å². The lowest BCUT2D eigenvalue weighted by molar-refractivity contribution is 0.750. The van der Waals surface area contributed by atoms with Crippen LogP contribution in [-0.4, -0.2) is 19.0 Å². The lowest BCUT2D eigenvalue weighted by atomic mass is 10.3. The molecule has 2 atom stereocenters. The zero-order valence-electron chi connectivity index (χ0n) is 8.01. The van der Waals surface area contributed by atoms with Crippen LogP contribution in [0.2, 0.25) is 0 Å². The average Bonchev–Trinajstić information content (AvgIpc) is 2.75.